The number of esters is 1. The summed E-state index contributed by atoms with van der Waals surface area (Å²) in [7, 11) is 1.12. The van der Waals surface area contributed by atoms with Gasteiger partial charge in [0.05, 0.1) is 12.7 Å². The number of alkyl halides is 3. The topological polar surface area (TPSA) is 35.5 Å². The minimum Gasteiger partial charge on any atom is -0.459 e. The molecule has 0 fully saturated rings. The summed E-state index contributed by atoms with van der Waals surface area (Å²) in [6.45, 7) is 0. The largest absolute Gasteiger partial charge is 0.573 e. The first-order chi connectivity index (χ1) is 7.92. The molecule has 0 aliphatic heterocycles. The minimum atomic E-state index is -4.80. The van der Waals surface area contributed by atoms with Gasteiger partial charge in [0.25, 0.3) is 0 Å². The molecule has 0 heterocycles. The van der Waals surface area contributed by atoms with Gasteiger partial charge in [-0.2, -0.15) is 0 Å². The van der Waals surface area contributed by atoms with Crippen LogP contribution in [0.15, 0.2) is 24.3 Å². The molecule has 0 aliphatic rings. The lowest BCUT2D eigenvalue weighted by molar-refractivity contribution is -0.274. The highest BCUT2D eigenvalue weighted by atomic mass is 19.4. The van der Waals surface area contributed by atoms with Crippen LogP contribution in [0.4, 0.5) is 13.2 Å². The number of carbonyl (C=O) groups is 1. The first-order valence-electron chi connectivity index (χ1n) is 4.37. The van der Waals surface area contributed by atoms with Crippen LogP contribution in [0, 0.1) is 11.8 Å². The van der Waals surface area contributed by atoms with Crippen molar-refractivity contribution >= 4 is 5.97 Å². The molecule has 0 aromatic heterocycles. The van der Waals surface area contributed by atoms with E-state index in [1.807, 2.05) is 5.92 Å². The highest BCUT2D eigenvalue weighted by Crippen LogP contribution is 2.25. The number of methoxy groups -OCH3 is 1. The van der Waals surface area contributed by atoms with Crippen LogP contribution in [0.2, 0.25) is 0 Å². The Kier molecular flexibility index (Phi) is 3.99. The fraction of sp³-hybridized carbons (Fsp3) is 0.182. The van der Waals surface area contributed by atoms with E-state index in [1.54, 1.807) is 0 Å². The molecule has 6 heteroatoms. The zero-order valence-corrected chi connectivity index (χ0v) is 8.67. The molecule has 17 heavy (non-hydrogen) atoms. The summed E-state index contributed by atoms with van der Waals surface area (Å²) in [4.78, 5) is 10.7. The van der Waals surface area contributed by atoms with Crippen LogP contribution in [0.25, 0.3) is 0 Å². The standard InChI is InChI=1S/C11H7F3O3/c1-16-10(15)7-6-8-4-2-3-5-9(8)17-11(12,13)14/h2-5H,1H3. The fourth-order valence-corrected chi connectivity index (χ4v) is 0.953. The second kappa shape index (κ2) is 5.25. The van der Waals surface area contributed by atoms with E-state index in [0.717, 1.165) is 13.2 Å². The van der Waals surface area contributed by atoms with Crippen molar-refractivity contribution in [2.75, 3.05) is 7.11 Å². The fourth-order valence-electron chi connectivity index (χ4n) is 0.953. The van der Waals surface area contributed by atoms with Gasteiger partial charge in [0.2, 0.25) is 0 Å². The Labute approximate surface area is 95.1 Å². The van der Waals surface area contributed by atoms with Crippen molar-refractivity contribution in [3.05, 3.63) is 29.8 Å². The average Bonchev–Trinajstić information content (AvgIpc) is 2.25. The van der Waals surface area contributed by atoms with Gasteiger partial charge in [-0.25, -0.2) is 4.79 Å². The van der Waals surface area contributed by atoms with E-state index in [0.29, 0.717) is 0 Å². The van der Waals surface area contributed by atoms with E-state index in [2.05, 4.69) is 15.4 Å². The summed E-state index contributed by atoms with van der Waals surface area (Å²) >= 11 is 0. The van der Waals surface area contributed by atoms with Crippen LogP contribution in [-0.4, -0.2) is 19.4 Å². The van der Waals surface area contributed by atoms with Gasteiger partial charge in [-0.1, -0.05) is 18.1 Å². The third-order valence-corrected chi connectivity index (χ3v) is 1.60. The van der Waals surface area contributed by atoms with E-state index < -0.39 is 18.1 Å². The molecule has 90 valence electrons. The number of para-hydroxylation sites is 1. The molecule has 1 rings (SSSR count). The van der Waals surface area contributed by atoms with E-state index in [9.17, 15) is 18.0 Å². The average molecular weight is 244 g/mol. The Balaban J connectivity index is 2.99. The summed E-state index contributed by atoms with van der Waals surface area (Å²) in [6.07, 6.45) is -4.80. The maximum Gasteiger partial charge on any atom is 0.573 e. The third kappa shape index (κ3) is 4.47. The van der Waals surface area contributed by atoms with E-state index in [1.165, 1.54) is 18.2 Å². The van der Waals surface area contributed by atoms with Gasteiger partial charge in [-0.3, -0.25) is 0 Å². The molecule has 0 N–H and O–H groups in total. The number of hydrogen-bond acceptors (Lipinski definition) is 3. The lowest BCUT2D eigenvalue weighted by atomic mass is 10.2. The first kappa shape index (κ1) is 12.9. The molecule has 1 aromatic rings. The van der Waals surface area contributed by atoms with Crippen LogP contribution < -0.4 is 4.74 Å². The van der Waals surface area contributed by atoms with Gasteiger partial charge >= 0.3 is 12.3 Å². The number of hydrogen-bond donors (Lipinski definition) is 0. The number of benzene rings is 1. The predicted molar refractivity (Wildman–Crippen MR) is 52.0 cm³/mol. The SMILES string of the molecule is COC(=O)C#Cc1ccccc1OC(F)(F)F. The quantitative estimate of drug-likeness (QED) is 0.560. The van der Waals surface area contributed by atoms with Gasteiger partial charge in [0.1, 0.15) is 5.75 Å². The van der Waals surface area contributed by atoms with E-state index in [-0.39, 0.29) is 5.56 Å². The highest BCUT2D eigenvalue weighted by Gasteiger charge is 2.31. The van der Waals surface area contributed by atoms with Crippen molar-refractivity contribution in [3.8, 4) is 17.6 Å². The van der Waals surface area contributed by atoms with Crippen molar-refractivity contribution in [1.29, 1.82) is 0 Å². The van der Waals surface area contributed by atoms with Gasteiger partial charge in [-0.05, 0) is 12.1 Å². The Bertz CT molecular complexity index is 469. The smallest absolute Gasteiger partial charge is 0.459 e. The highest BCUT2D eigenvalue weighted by molar-refractivity contribution is 5.89. The molecule has 0 aliphatic carbocycles. The maximum atomic E-state index is 12.0. The van der Waals surface area contributed by atoms with Crippen LogP contribution in [0.3, 0.4) is 0 Å². The molecule has 0 atom stereocenters. The number of ether oxygens (including phenoxy) is 2. The molecule has 0 amide bonds. The molecular formula is C11H7F3O3. The minimum absolute atomic E-state index is 0.0461. The summed E-state index contributed by atoms with van der Waals surface area (Å²) in [6, 6.07) is 5.25. The summed E-state index contributed by atoms with van der Waals surface area (Å²) < 4.78 is 44.1. The van der Waals surface area contributed by atoms with Crippen molar-refractivity contribution in [1.82, 2.24) is 0 Å². The van der Waals surface area contributed by atoms with Crippen LogP contribution in [0.5, 0.6) is 5.75 Å². The van der Waals surface area contributed by atoms with Crippen LogP contribution in [0.1, 0.15) is 5.56 Å². The zero-order valence-electron chi connectivity index (χ0n) is 8.67. The molecule has 0 bridgehead atoms. The Morgan fingerprint density at radius 2 is 1.94 bits per heavy atom. The normalized spacial score (nSPS) is 10.1. The van der Waals surface area contributed by atoms with E-state index in [4.69, 9.17) is 0 Å². The van der Waals surface area contributed by atoms with Crippen LogP contribution >= 0.6 is 0 Å². The molecule has 0 saturated carbocycles. The monoisotopic (exact) mass is 244 g/mol. The molecule has 3 nitrogen and oxygen atoms in total. The summed E-state index contributed by atoms with van der Waals surface area (Å²) in [5.74, 6) is 2.95. The van der Waals surface area contributed by atoms with Crippen molar-refractivity contribution in [2.24, 2.45) is 0 Å². The lowest BCUT2D eigenvalue weighted by Gasteiger charge is -2.09. The van der Waals surface area contributed by atoms with Crippen molar-refractivity contribution in [3.63, 3.8) is 0 Å². The third-order valence-electron chi connectivity index (χ3n) is 1.60. The van der Waals surface area contributed by atoms with Gasteiger partial charge < -0.3 is 9.47 Å². The summed E-state index contributed by atoms with van der Waals surface area (Å²) in [5, 5.41) is 0. The molecule has 0 saturated heterocycles. The molecule has 1 aromatic carbocycles. The number of halogens is 3. The number of rotatable bonds is 1. The maximum absolute atomic E-state index is 12.0. The van der Waals surface area contributed by atoms with Crippen molar-refractivity contribution in [2.45, 2.75) is 6.36 Å². The Hall–Kier alpha value is -2.16. The van der Waals surface area contributed by atoms with Crippen LogP contribution in [-0.2, 0) is 9.53 Å². The van der Waals surface area contributed by atoms with E-state index >= 15 is 0 Å². The summed E-state index contributed by atoms with van der Waals surface area (Å²) in [5.41, 5.74) is -0.0461. The van der Waals surface area contributed by atoms with Gasteiger partial charge in [0.15, 0.2) is 0 Å². The second-order valence-electron chi connectivity index (χ2n) is 2.79. The predicted octanol–water partition coefficient (Wildman–Crippen LogP) is 2.11. The van der Waals surface area contributed by atoms with Gasteiger partial charge in [-0.15, -0.1) is 13.2 Å². The molecular weight excluding hydrogens is 237 g/mol. The lowest BCUT2D eigenvalue weighted by Crippen LogP contribution is -2.17. The first-order valence-corrected chi connectivity index (χ1v) is 4.37. The molecule has 0 unspecified atom stereocenters. The number of carbonyl (C=O) groups excluding carboxylic acids is 1. The van der Waals surface area contributed by atoms with Gasteiger partial charge in [0, 0.05) is 5.92 Å². The Morgan fingerprint density at radius 3 is 2.53 bits per heavy atom. The zero-order chi connectivity index (χ0) is 12.9. The second-order valence-corrected chi connectivity index (χ2v) is 2.79. The van der Waals surface area contributed by atoms with Crippen molar-refractivity contribution < 1.29 is 27.4 Å². The molecule has 0 spiro atoms. The molecule has 0 radical (unpaired) electrons. The Morgan fingerprint density at radius 1 is 1.29 bits per heavy atom.